The number of hydrogen-bond donors (Lipinski definition) is 2. The van der Waals surface area contributed by atoms with Gasteiger partial charge in [0.25, 0.3) is 0 Å². The van der Waals surface area contributed by atoms with E-state index in [4.69, 9.17) is 17.3 Å². The largest absolute Gasteiger partial charge is 0.326 e. The Balaban J connectivity index is 2.20. The van der Waals surface area contributed by atoms with Gasteiger partial charge in [-0.15, -0.1) is 0 Å². The van der Waals surface area contributed by atoms with Gasteiger partial charge in [-0.3, -0.25) is 0 Å². The monoisotopic (exact) mass is 328 g/mol. The van der Waals surface area contributed by atoms with Crippen molar-refractivity contribution in [2.45, 2.75) is 18.0 Å². The second-order valence-corrected chi connectivity index (χ2v) is 6.56. The molecule has 0 heterocycles. The Hall–Kier alpha value is -1.47. The molecular weight excluding hydrogens is 315 g/mol. The Kier molecular flexibility index (Phi) is 4.95. The number of nitrogens with two attached hydrogens (primary N) is 1. The molecule has 0 unspecified atom stereocenters. The van der Waals surface area contributed by atoms with Crippen LogP contribution in [0.3, 0.4) is 0 Å². The fraction of sp³-hybridized carbons (Fsp3) is 0.143. The molecule has 3 N–H and O–H groups in total. The molecule has 2 rings (SSSR count). The van der Waals surface area contributed by atoms with Crippen molar-refractivity contribution in [2.75, 3.05) is 0 Å². The van der Waals surface area contributed by atoms with Gasteiger partial charge in [0.2, 0.25) is 10.0 Å². The van der Waals surface area contributed by atoms with E-state index in [2.05, 4.69) is 4.72 Å². The normalized spacial score (nSPS) is 11.6. The van der Waals surface area contributed by atoms with E-state index in [-0.39, 0.29) is 28.8 Å². The van der Waals surface area contributed by atoms with Crippen LogP contribution in [0.1, 0.15) is 11.1 Å². The highest BCUT2D eigenvalue weighted by Gasteiger charge is 2.18. The third-order valence-electron chi connectivity index (χ3n) is 2.90. The number of benzene rings is 2. The molecule has 7 heteroatoms. The zero-order valence-electron chi connectivity index (χ0n) is 11.0. The SMILES string of the molecule is NCc1ccc(Cl)c(S(=O)(=O)NCc2ccc(F)cc2)c1. The maximum absolute atomic E-state index is 12.8. The summed E-state index contributed by atoms with van der Waals surface area (Å²) in [7, 11) is -3.76. The lowest BCUT2D eigenvalue weighted by Crippen LogP contribution is -2.23. The summed E-state index contributed by atoms with van der Waals surface area (Å²) in [5.74, 6) is -0.375. The summed E-state index contributed by atoms with van der Waals surface area (Å²) in [4.78, 5) is -0.0192. The van der Waals surface area contributed by atoms with Gasteiger partial charge in [-0.1, -0.05) is 29.8 Å². The van der Waals surface area contributed by atoms with Gasteiger partial charge in [-0.2, -0.15) is 0 Å². The molecule has 0 saturated heterocycles. The van der Waals surface area contributed by atoms with Gasteiger partial charge in [0.1, 0.15) is 10.7 Å². The van der Waals surface area contributed by atoms with Crippen LogP contribution in [0.5, 0.6) is 0 Å². The number of nitrogens with one attached hydrogen (secondary N) is 1. The zero-order valence-corrected chi connectivity index (χ0v) is 12.6. The van der Waals surface area contributed by atoms with E-state index in [9.17, 15) is 12.8 Å². The Bertz CT molecular complexity index is 733. The summed E-state index contributed by atoms with van der Waals surface area (Å²) < 4.78 is 39.7. The Labute approximate surface area is 127 Å². The van der Waals surface area contributed by atoms with Gasteiger partial charge in [-0.05, 0) is 35.4 Å². The molecule has 0 aromatic heterocycles. The lowest BCUT2D eigenvalue weighted by molar-refractivity contribution is 0.581. The molecular formula is C14H14ClFN2O2S. The van der Waals surface area contributed by atoms with Crippen LogP contribution < -0.4 is 10.5 Å². The van der Waals surface area contributed by atoms with Gasteiger partial charge in [0.15, 0.2) is 0 Å². The average molecular weight is 329 g/mol. The highest BCUT2D eigenvalue weighted by atomic mass is 35.5. The summed E-state index contributed by atoms with van der Waals surface area (Å²) in [5, 5.41) is 0.124. The smallest absolute Gasteiger partial charge is 0.242 e. The van der Waals surface area contributed by atoms with Crippen molar-refractivity contribution >= 4 is 21.6 Å². The first kappa shape index (κ1) is 15.9. The minimum atomic E-state index is -3.76. The van der Waals surface area contributed by atoms with Crippen LogP contribution in [0, 0.1) is 5.82 Å². The van der Waals surface area contributed by atoms with E-state index < -0.39 is 10.0 Å². The van der Waals surface area contributed by atoms with E-state index in [0.717, 1.165) is 0 Å². The fourth-order valence-corrected chi connectivity index (χ4v) is 3.30. The maximum Gasteiger partial charge on any atom is 0.242 e. The molecule has 2 aromatic carbocycles. The van der Waals surface area contributed by atoms with E-state index in [1.807, 2.05) is 0 Å². The first-order chi connectivity index (χ1) is 9.92. The van der Waals surface area contributed by atoms with E-state index in [1.165, 1.54) is 36.4 Å². The molecule has 112 valence electrons. The minimum absolute atomic E-state index is 0.0192. The van der Waals surface area contributed by atoms with Crippen molar-refractivity contribution in [3.05, 3.63) is 64.4 Å². The number of hydrogen-bond acceptors (Lipinski definition) is 3. The van der Waals surface area contributed by atoms with Gasteiger partial charge < -0.3 is 5.73 Å². The van der Waals surface area contributed by atoms with Crippen LogP contribution >= 0.6 is 11.6 Å². The lowest BCUT2D eigenvalue weighted by Gasteiger charge is -2.10. The minimum Gasteiger partial charge on any atom is -0.326 e. The van der Waals surface area contributed by atoms with Crippen molar-refractivity contribution < 1.29 is 12.8 Å². The third kappa shape index (κ3) is 4.01. The Morgan fingerprint density at radius 1 is 1.10 bits per heavy atom. The van der Waals surface area contributed by atoms with Gasteiger partial charge >= 0.3 is 0 Å². The average Bonchev–Trinajstić information content (AvgIpc) is 2.47. The van der Waals surface area contributed by atoms with Crippen molar-refractivity contribution in [1.29, 1.82) is 0 Å². The first-order valence-corrected chi connectivity index (χ1v) is 8.01. The second kappa shape index (κ2) is 6.53. The van der Waals surface area contributed by atoms with Crippen molar-refractivity contribution in [2.24, 2.45) is 5.73 Å². The quantitative estimate of drug-likeness (QED) is 0.885. The second-order valence-electron chi connectivity index (χ2n) is 4.42. The lowest BCUT2D eigenvalue weighted by atomic mass is 10.2. The molecule has 0 saturated carbocycles. The van der Waals surface area contributed by atoms with E-state index >= 15 is 0 Å². The summed E-state index contributed by atoms with van der Waals surface area (Å²) in [6, 6.07) is 10.2. The topological polar surface area (TPSA) is 72.2 Å². The Morgan fingerprint density at radius 3 is 2.33 bits per heavy atom. The summed E-state index contributed by atoms with van der Waals surface area (Å²) >= 11 is 5.93. The van der Waals surface area contributed by atoms with E-state index in [0.29, 0.717) is 11.1 Å². The summed E-state index contributed by atoms with van der Waals surface area (Å²) in [6.45, 7) is 0.267. The van der Waals surface area contributed by atoms with Gasteiger partial charge in [0, 0.05) is 13.1 Å². The molecule has 2 aromatic rings. The highest BCUT2D eigenvalue weighted by Crippen LogP contribution is 2.22. The maximum atomic E-state index is 12.8. The number of sulfonamides is 1. The molecule has 0 aliphatic heterocycles. The van der Waals surface area contributed by atoms with Crippen molar-refractivity contribution in [3.63, 3.8) is 0 Å². The summed E-state index contributed by atoms with van der Waals surface area (Å²) in [6.07, 6.45) is 0. The predicted molar refractivity (Wildman–Crippen MR) is 79.8 cm³/mol. The standard InChI is InChI=1S/C14H14ClFN2O2S/c15-13-6-3-11(8-17)7-14(13)21(19,20)18-9-10-1-4-12(16)5-2-10/h1-7,18H,8-9,17H2. The third-order valence-corrected chi connectivity index (χ3v) is 4.78. The van der Waals surface area contributed by atoms with Crippen molar-refractivity contribution in [3.8, 4) is 0 Å². The van der Waals surface area contributed by atoms with Crippen LogP contribution in [0.4, 0.5) is 4.39 Å². The molecule has 0 bridgehead atoms. The van der Waals surface area contributed by atoms with Crippen LogP contribution in [0.2, 0.25) is 5.02 Å². The highest BCUT2D eigenvalue weighted by molar-refractivity contribution is 7.89. The molecule has 0 atom stereocenters. The van der Waals surface area contributed by atoms with Gasteiger partial charge in [0.05, 0.1) is 5.02 Å². The number of rotatable bonds is 5. The molecule has 0 amide bonds. The molecule has 21 heavy (non-hydrogen) atoms. The fourth-order valence-electron chi connectivity index (χ4n) is 1.74. The number of halogens is 2. The van der Waals surface area contributed by atoms with E-state index in [1.54, 1.807) is 6.07 Å². The zero-order chi connectivity index (χ0) is 15.5. The van der Waals surface area contributed by atoms with Crippen LogP contribution in [-0.2, 0) is 23.1 Å². The predicted octanol–water partition coefficient (Wildman–Crippen LogP) is 2.42. The van der Waals surface area contributed by atoms with Crippen molar-refractivity contribution in [1.82, 2.24) is 4.72 Å². The molecule has 0 aliphatic rings. The van der Waals surface area contributed by atoms with Crippen LogP contribution in [0.25, 0.3) is 0 Å². The Morgan fingerprint density at radius 2 is 1.71 bits per heavy atom. The van der Waals surface area contributed by atoms with Crippen LogP contribution in [0.15, 0.2) is 47.4 Å². The molecule has 0 radical (unpaired) electrons. The molecule has 0 spiro atoms. The first-order valence-electron chi connectivity index (χ1n) is 6.15. The summed E-state index contributed by atoms with van der Waals surface area (Å²) in [5.41, 5.74) is 6.81. The molecule has 4 nitrogen and oxygen atoms in total. The molecule has 0 aliphatic carbocycles. The van der Waals surface area contributed by atoms with Crippen LogP contribution in [-0.4, -0.2) is 8.42 Å². The molecule has 0 fully saturated rings. The van der Waals surface area contributed by atoms with Gasteiger partial charge in [-0.25, -0.2) is 17.5 Å².